The van der Waals surface area contributed by atoms with E-state index < -0.39 is 21.5 Å². The molecule has 3 aromatic rings. The van der Waals surface area contributed by atoms with E-state index in [1.54, 1.807) is 18.2 Å². The number of benzene rings is 3. The summed E-state index contributed by atoms with van der Waals surface area (Å²) in [6.07, 6.45) is 0. The minimum absolute atomic E-state index is 0.116. The molecule has 6 nitrogen and oxygen atoms in total. The van der Waals surface area contributed by atoms with Crippen LogP contribution < -0.4 is 14.8 Å². The van der Waals surface area contributed by atoms with Gasteiger partial charge in [0.2, 0.25) is 0 Å². The number of ether oxygens (including phenoxy) is 1. The highest BCUT2D eigenvalue weighted by atomic mass is 32.2. The molecular formula is C24H26N2O4S. The average Bonchev–Trinajstić information content (AvgIpc) is 2.74. The number of rotatable bonds is 7. The van der Waals surface area contributed by atoms with Gasteiger partial charge < -0.3 is 10.1 Å². The van der Waals surface area contributed by atoms with E-state index in [2.05, 4.69) is 10.0 Å². The molecule has 0 aliphatic carbocycles. The molecule has 0 aliphatic heterocycles. The Kier molecular flexibility index (Phi) is 6.36. The van der Waals surface area contributed by atoms with E-state index in [0.717, 1.165) is 11.1 Å². The second-order valence-electron chi connectivity index (χ2n) is 7.78. The number of nitrogens with one attached hydrogen (secondary N) is 2. The first kappa shape index (κ1) is 22.4. The molecule has 3 aromatic carbocycles. The lowest BCUT2D eigenvalue weighted by Gasteiger charge is -2.27. The van der Waals surface area contributed by atoms with Crippen LogP contribution in [0.1, 0.15) is 35.3 Å². The van der Waals surface area contributed by atoms with Gasteiger partial charge in [0.15, 0.2) is 0 Å². The minimum Gasteiger partial charge on any atom is -0.497 e. The first-order valence-corrected chi connectivity index (χ1v) is 11.3. The molecule has 0 heterocycles. The lowest BCUT2D eigenvalue weighted by Crippen LogP contribution is -2.41. The molecule has 1 amide bonds. The topological polar surface area (TPSA) is 84.5 Å². The number of amides is 1. The minimum atomic E-state index is -3.87. The summed E-state index contributed by atoms with van der Waals surface area (Å²) < 4.78 is 33.5. The second kappa shape index (κ2) is 8.81. The van der Waals surface area contributed by atoms with Crippen LogP contribution in [0.3, 0.4) is 0 Å². The van der Waals surface area contributed by atoms with E-state index in [1.165, 1.54) is 31.4 Å². The summed E-state index contributed by atoms with van der Waals surface area (Å²) in [5, 5.41) is 2.98. The van der Waals surface area contributed by atoms with Crippen LogP contribution in [-0.4, -0.2) is 21.4 Å². The van der Waals surface area contributed by atoms with Gasteiger partial charge in [0.1, 0.15) is 5.75 Å². The van der Waals surface area contributed by atoms with Crippen molar-refractivity contribution in [2.45, 2.75) is 31.2 Å². The van der Waals surface area contributed by atoms with Gasteiger partial charge in [-0.3, -0.25) is 9.52 Å². The third-order valence-electron chi connectivity index (χ3n) is 4.97. The summed E-state index contributed by atoms with van der Waals surface area (Å²) in [5.74, 6) is 0.0234. The quantitative estimate of drug-likeness (QED) is 0.570. The van der Waals surface area contributed by atoms with Crippen molar-refractivity contribution in [3.63, 3.8) is 0 Å². The van der Waals surface area contributed by atoms with E-state index >= 15 is 0 Å². The molecule has 0 fully saturated rings. The van der Waals surface area contributed by atoms with Crippen molar-refractivity contribution in [2.24, 2.45) is 0 Å². The van der Waals surface area contributed by atoms with E-state index in [0.29, 0.717) is 5.75 Å². The van der Waals surface area contributed by atoms with Crippen LogP contribution in [0.15, 0.2) is 77.7 Å². The fraction of sp³-hybridized carbons (Fsp3) is 0.208. The van der Waals surface area contributed by atoms with Crippen molar-refractivity contribution >= 4 is 21.6 Å². The fourth-order valence-electron chi connectivity index (χ4n) is 3.13. The van der Waals surface area contributed by atoms with Gasteiger partial charge in [-0.1, -0.05) is 48.0 Å². The standard InChI is InChI=1S/C24H26N2O4S/c1-17-10-13-20(14-11-17)31(28,29)26-22-15-12-19(30-4)16-21(22)23(27)25-24(2,3)18-8-6-5-7-9-18/h5-16,26H,1-4H3,(H,25,27). The van der Waals surface area contributed by atoms with Crippen LogP contribution in [0, 0.1) is 6.92 Å². The lowest BCUT2D eigenvalue weighted by molar-refractivity contribution is 0.0912. The Labute approximate surface area is 183 Å². The van der Waals surface area contributed by atoms with Crippen molar-refractivity contribution < 1.29 is 17.9 Å². The average molecular weight is 439 g/mol. The van der Waals surface area contributed by atoms with Gasteiger partial charge in [-0.2, -0.15) is 0 Å². The zero-order chi connectivity index (χ0) is 22.6. The van der Waals surface area contributed by atoms with Crippen LogP contribution in [0.25, 0.3) is 0 Å². The molecule has 0 spiro atoms. The largest absolute Gasteiger partial charge is 0.497 e. The predicted molar refractivity (Wildman–Crippen MR) is 122 cm³/mol. The first-order valence-electron chi connectivity index (χ1n) is 9.78. The van der Waals surface area contributed by atoms with Gasteiger partial charge in [0.05, 0.1) is 28.8 Å². The summed E-state index contributed by atoms with van der Waals surface area (Å²) in [6, 6.07) is 20.7. The molecule has 162 valence electrons. The maximum Gasteiger partial charge on any atom is 0.261 e. The number of carbonyl (C=O) groups is 1. The van der Waals surface area contributed by atoms with Gasteiger partial charge >= 0.3 is 0 Å². The summed E-state index contributed by atoms with van der Waals surface area (Å²) in [5.41, 5.74) is 1.54. The molecule has 2 N–H and O–H groups in total. The van der Waals surface area contributed by atoms with Crippen molar-refractivity contribution in [1.29, 1.82) is 0 Å². The van der Waals surface area contributed by atoms with Crippen LogP contribution >= 0.6 is 0 Å². The van der Waals surface area contributed by atoms with Crippen molar-refractivity contribution in [2.75, 3.05) is 11.8 Å². The highest BCUT2D eigenvalue weighted by Gasteiger charge is 2.26. The summed E-state index contributed by atoms with van der Waals surface area (Å²) in [6.45, 7) is 5.65. The number of aryl methyl sites for hydroxylation is 1. The zero-order valence-electron chi connectivity index (χ0n) is 18.0. The molecule has 0 atom stereocenters. The number of hydrogen-bond donors (Lipinski definition) is 2. The van der Waals surface area contributed by atoms with Gasteiger partial charge in [0, 0.05) is 0 Å². The summed E-state index contributed by atoms with van der Waals surface area (Å²) in [7, 11) is -2.39. The van der Waals surface area contributed by atoms with E-state index in [4.69, 9.17) is 4.74 Å². The molecule has 7 heteroatoms. The monoisotopic (exact) mass is 438 g/mol. The third kappa shape index (κ3) is 5.24. The number of anilines is 1. The van der Waals surface area contributed by atoms with Gasteiger partial charge in [-0.05, 0) is 56.7 Å². The maximum absolute atomic E-state index is 13.2. The van der Waals surface area contributed by atoms with Crippen LogP contribution in [0.2, 0.25) is 0 Å². The van der Waals surface area contributed by atoms with E-state index in [9.17, 15) is 13.2 Å². The van der Waals surface area contributed by atoms with Crippen LogP contribution in [0.4, 0.5) is 5.69 Å². The number of methoxy groups -OCH3 is 1. The van der Waals surface area contributed by atoms with Gasteiger partial charge in [0.25, 0.3) is 15.9 Å². The summed E-state index contributed by atoms with van der Waals surface area (Å²) >= 11 is 0. The molecule has 3 rings (SSSR count). The first-order chi connectivity index (χ1) is 14.6. The van der Waals surface area contributed by atoms with Crippen molar-refractivity contribution in [1.82, 2.24) is 5.32 Å². The highest BCUT2D eigenvalue weighted by Crippen LogP contribution is 2.27. The molecule has 0 aromatic heterocycles. The SMILES string of the molecule is COc1ccc(NS(=O)(=O)c2ccc(C)cc2)c(C(=O)NC(C)(C)c2ccccc2)c1. The Morgan fingerprint density at radius 3 is 2.19 bits per heavy atom. The second-order valence-corrected chi connectivity index (χ2v) is 9.46. The molecular weight excluding hydrogens is 412 g/mol. The van der Waals surface area contributed by atoms with Crippen LogP contribution in [0.5, 0.6) is 5.75 Å². The molecule has 0 bridgehead atoms. The Bertz CT molecular complexity index is 1170. The van der Waals surface area contributed by atoms with Gasteiger partial charge in [-0.15, -0.1) is 0 Å². The predicted octanol–water partition coefficient (Wildman–Crippen LogP) is 4.47. The third-order valence-corrected chi connectivity index (χ3v) is 6.35. The lowest BCUT2D eigenvalue weighted by atomic mass is 9.94. The van der Waals surface area contributed by atoms with Crippen molar-refractivity contribution in [3.8, 4) is 5.75 Å². The zero-order valence-corrected chi connectivity index (χ0v) is 18.8. The molecule has 0 aliphatic rings. The molecule has 0 saturated carbocycles. The summed E-state index contributed by atoms with van der Waals surface area (Å²) in [4.78, 5) is 13.3. The molecule has 31 heavy (non-hydrogen) atoms. The highest BCUT2D eigenvalue weighted by molar-refractivity contribution is 7.92. The Balaban J connectivity index is 1.94. The Morgan fingerprint density at radius 1 is 0.935 bits per heavy atom. The molecule has 0 saturated heterocycles. The van der Waals surface area contributed by atoms with E-state index in [-0.39, 0.29) is 16.1 Å². The van der Waals surface area contributed by atoms with Crippen LogP contribution in [-0.2, 0) is 15.6 Å². The molecule has 0 radical (unpaired) electrons. The number of carbonyl (C=O) groups excluding carboxylic acids is 1. The smallest absolute Gasteiger partial charge is 0.261 e. The van der Waals surface area contributed by atoms with Gasteiger partial charge in [-0.25, -0.2) is 8.42 Å². The number of hydrogen-bond acceptors (Lipinski definition) is 4. The fourth-order valence-corrected chi connectivity index (χ4v) is 4.21. The maximum atomic E-state index is 13.2. The van der Waals surface area contributed by atoms with E-state index in [1.807, 2.05) is 51.1 Å². The number of sulfonamides is 1. The normalized spacial score (nSPS) is 11.6. The Morgan fingerprint density at radius 2 is 1.58 bits per heavy atom. The van der Waals surface area contributed by atoms with Crippen molar-refractivity contribution in [3.05, 3.63) is 89.5 Å². The Hall–Kier alpha value is -3.32. The molecule has 0 unspecified atom stereocenters.